The van der Waals surface area contributed by atoms with E-state index < -0.39 is 18.1 Å². The van der Waals surface area contributed by atoms with E-state index >= 15 is 0 Å². The first kappa shape index (κ1) is 50.4. The van der Waals surface area contributed by atoms with Crippen LogP contribution in [-0.2, 0) is 27.5 Å². The summed E-state index contributed by atoms with van der Waals surface area (Å²) in [7, 11) is 7.93. The smallest absolute Gasteiger partial charge is 0.319 e. The van der Waals surface area contributed by atoms with E-state index in [-0.39, 0.29) is 35.3 Å². The summed E-state index contributed by atoms with van der Waals surface area (Å²) in [6.45, 7) is 11.6. The lowest BCUT2D eigenvalue weighted by atomic mass is 10.0. The quantitative estimate of drug-likeness (QED) is 0.0775. The number of nitrogens with one attached hydrogen (secondary N) is 2. The van der Waals surface area contributed by atoms with Crippen molar-refractivity contribution >= 4 is 35.3 Å². The van der Waals surface area contributed by atoms with E-state index in [4.69, 9.17) is 5.73 Å². The zero-order valence-electron chi connectivity index (χ0n) is 36.1. The van der Waals surface area contributed by atoms with E-state index in [2.05, 4.69) is 20.5 Å². The molecule has 0 fully saturated rings. The molecule has 324 valence electrons. The van der Waals surface area contributed by atoms with Crippen LogP contribution < -0.4 is 16.4 Å². The number of carbonyl (C=O) groups excluding carboxylic acids is 4. The Kier molecular flexibility index (Phi) is 22.7. The Hall–Kier alpha value is -5.79. The molecule has 60 heavy (non-hydrogen) atoms. The van der Waals surface area contributed by atoms with Crippen LogP contribution in [0.15, 0.2) is 114 Å². The van der Waals surface area contributed by atoms with Crippen LogP contribution in [0.1, 0.15) is 38.8 Å². The van der Waals surface area contributed by atoms with Crippen molar-refractivity contribution in [1.82, 2.24) is 24.9 Å². The molecule has 0 unspecified atom stereocenters. The van der Waals surface area contributed by atoms with Crippen LogP contribution in [0.3, 0.4) is 0 Å². The Morgan fingerprint density at radius 2 is 1.07 bits per heavy atom. The molecule has 0 spiro atoms. The number of urea groups is 1. The molecule has 4 N–H and O–H groups in total. The van der Waals surface area contributed by atoms with Crippen LogP contribution in [0.2, 0.25) is 0 Å². The standard InChI is InChI=1S/C23H31FN4O2.C16H27N3O.C7H4FNO/c1-17(2)21(26-23(30)25-20-12-10-19(24)11-13-20)22(29)28(15-14-27(3)4)16-18-8-6-5-7-9-18;1-13(2)15(17)16(20)19(11-10-18(3)4)12-14-8-6-5-7-9-14;8-6-1-3-7(4-2-6)9-5-10/h5-13,17,21H,14-16H2,1-4H3,(H2,25,26,30);5-9,13,15H,10-12,17H2,1-4H3;1-4H/t21-;15-;/m00./s1. The van der Waals surface area contributed by atoms with Crippen LogP contribution in [0.4, 0.5) is 25.0 Å². The van der Waals surface area contributed by atoms with E-state index in [0.717, 1.165) is 17.7 Å². The highest BCUT2D eigenvalue weighted by Gasteiger charge is 2.29. The average Bonchev–Trinajstić information content (AvgIpc) is 3.22. The predicted octanol–water partition coefficient (Wildman–Crippen LogP) is 6.92. The molecule has 14 heteroatoms. The van der Waals surface area contributed by atoms with Gasteiger partial charge in [0.2, 0.25) is 17.9 Å². The van der Waals surface area contributed by atoms with Crippen molar-refractivity contribution in [2.45, 2.75) is 52.9 Å². The molecule has 4 aromatic rings. The normalized spacial score (nSPS) is 11.7. The molecule has 0 aliphatic carbocycles. The van der Waals surface area contributed by atoms with E-state index in [9.17, 15) is 28.0 Å². The maximum absolute atomic E-state index is 13.3. The monoisotopic (exact) mass is 828 g/mol. The molecule has 0 bridgehead atoms. The third-order valence-corrected chi connectivity index (χ3v) is 9.02. The number of isocyanates is 1. The van der Waals surface area contributed by atoms with Gasteiger partial charge in [-0.1, -0.05) is 88.4 Å². The fraction of sp³-hybridized carbons (Fsp3) is 0.391. The first-order valence-corrected chi connectivity index (χ1v) is 19.9. The zero-order valence-corrected chi connectivity index (χ0v) is 36.1. The summed E-state index contributed by atoms with van der Waals surface area (Å²) in [5, 5.41) is 5.44. The molecule has 0 saturated heterocycles. The molecule has 4 amide bonds. The first-order chi connectivity index (χ1) is 28.5. The lowest BCUT2D eigenvalue weighted by molar-refractivity contribution is -0.135. The van der Waals surface area contributed by atoms with Gasteiger partial charge in [0.1, 0.15) is 17.7 Å². The van der Waals surface area contributed by atoms with Crippen molar-refractivity contribution < 1.29 is 28.0 Å². The van der Waals surface area contributed by atoms with E-state index in [1.807, 2.05) is 126 Å². The molecule has 0 heterocycles. The van der Waals surface area contributed by atoms with E-state index in [1.54, 1.807) is 4.90 Å². The van der Waals surface area contributed by atoms with Crippen LogP contribution in [0.25, 0.3) is 0 Å². The van der Waals surface area contributed by atoms with Gasteiger partial charge in [0.25, 0.3) is 0 Å². The highest BCUT2D eigenvalue weighted by atomic mass is 19.1. The van der Waals surface area contributed by atoms with E-state index in [0.29, 0.717) is 44.1 Å². The first-order valence-electron chi connectivity index (χ1n) is 19.9. The van der Waals surface area contributed by atoms with Gasteiger partial charge < -0.3 is 36.0 Å². The zero-order chi connectivity index (χ0) is 44.6. The largest absolute Gasteiger partial charge is 0.336 e. The molecule has 0 aliphatic heterocycles. The van der Waals surface area contributed by atoms with Gasteiger partial charge in [-0.05, 0) is 99.7 Å². The Morgan fingerprint density at radius 3 is 1.47 bits per heavy atom. The number of nitrogens with two attached hydrogens (primary N) is 1. The van der Waals surface area contributed by atoms with Gasteiger partial charge in [-0.3, -0.25) is 9.59 Å². The van der Waals surface area contributed by atoms with Crippen molar-refractivity contribution in [2.75, 3.05) is 59.7 Å². The Labute approximate surface area is 354 Å². The van der Waals surface area contributed by atoms with Crippen molar-refractivity contribution in [3.05, 3.63) is 132 Å². The number of rotatable bonds is 17. The summed E-state index contributed by atoms with van der Waals surface area (Å²) < 4.78 is 25.2. The molecule has 12 nitrogen and oxygen atoms in total. The summed E-state index contributed by atoms with van der Waals surface area (Å²) in [4.78, 5) is 59.0. The number of hydrogen-bond acceptors (Lipinski definition) is 8. The number of nitrogens with zero attached hydrogens (tertiary/aromatic N) is 5. The van der Waals surface area contributed by atoms with Crippen LogP contribution >= 0.6 is 0 Å². The number of anilines is 1. The third kappa shape index (κ3) is 19.8. The molecule has 0 radical (unpaired) electrons. The fourth-order valence-electron chi connectivity index (χ4n) is 5.40. The number of benzene rings is 4. The van der Waals surface area contributed by atoms with Crippen LogP contribution in [0.5, 0.6) is 0 Å². The number of likely N-dealkylation sites (N-methyl/N-ethyl adjacent to an activating group) is 2. The SMILES string of the molecule is CC(C)[C@H](N)C(=O)N(CCN(C)C)Cc1ccccc1.CC(C)[C@H](NC(=O)Nc1ccc(F)cc1)C(=O)N(CCN(C)C)Cc1ccccc1.O=C=Nc1ccc(F)cc1. The second kappa shape index (κ2) is 27.1. The number of aliphatic imine (C=N–C) groups is 1. The molecular weight excluding hydrogens is 767 g/mol. The van der Waals surface area contributed by atoms with Crippen molar-refractivity contribution in [2.24, 2.45) is 22.6 Å². The molecule has 0 aromatic heterocycles. The molecular formula is C46H62F2N8O4. The molecule has 0 saturated carbocycles. The minimum atomic E-state index is -0.684. The predicted molar refractivity (Wildman–Crippen MR) is 235 cm³/mol. The van der Waals surface area contributed by atoms with Crippen molar-refractivity contribution in [3.63, 3.8) is 0 Å². The lowest BCUT2D eigenvalue weighted by Gasteiger charge is -2.31. The Bertz CT molecular complexity index is 1890. The van der Waals surface area contributed by atoms with Gasteiger partial charge in [0.15, 0.2) is 0 Å². The summed E-state index contributed by atoms with van der Waals surface area (Å²) in [5.41, 5.74) is 9.05. The van der Waals surface area contributed by atoms with Crippen LogP contribution in [0, 0.1) is 23.5 Å². The maximum Gasteiger partial charge on any atom is 0.319 e. The van der Waals surface area contributed by atoms with Crippen LogP contribution in [-0.4, -0.2) is 110 Å². The topological polar surface area (TPSA) is 144 Å². The van der Waals surface area contributed by atoms with Crippen molar-refractivity contribution in [3.8, 4) is 0 Å². The average molecular weight is 829 g/mol. The molecule has 4 aromatic carbocycles. The highest BCUT2D eigenvalue weighted by Crippen LogP contribution is 2.14. The number of halogens is 2. The summed E-state index contributed by atoms with van der Waals surface area (Å²) in [5.74, 6) is -0.775. The van der Waals surface area contributed by atoms with E-state index in [1.165, 1.54) is 54.6 Å². The van der Waals surface area contributed by atoms with Gasteiger partial charge in [0.05, 0.1) is 11.7 Å². The van der Waals surface area contributed by atoms with Gasteiger partial charge >= 0.3 is 6.03 Å². The molecule has 0 aliphatic rings. The summed E-state index contributed by atoms with van der Waals surface area (Å²) in [6.07, 6.45) is 1.36. The van der Waals surface area contributed by atoms with Gasteiger partial charge in [-0.25, -0.2) is 18.4 Å². The van der Waals surface area contributed by atoms with Gasteiger partial charge in [0, 0.05) is 45.0 Å². The molecule has 4 rings (SSSR count). The van der Waals surface area contributed by atoms with Gasteiger partial charge in [-0.15, -0.1) is 0 Å². The minimum Gasteiger partial charge on any atom is -0.336 e. The number of amides is 4. The maximum atomic E-state index is 13.3. The minimum absolute atomic E-state index is 0.0331. The Balaban J connectivity index is 0.000000352. The second-order valence-electron chi connectivity index (χ2n) is 15.4. The fourth-order valence-corrected chi connectivity index (χ4v) is 5.40. The second-order valence-corrected chi connectivity index (χ2v) is 15.4. The lowest BCUT2D eigenvalue weighted by Crippen LogP contribution is -2.53. The third-order valence-electron chi connectivity index (χ3n) is 9.02. The number of carbonyl (C=O) groups is 3. The van der Waals surface area contributed by atoms with Crippen molar-refractivity contribution in [1.29, 1.82) is 0 Å². The van der Waals surface area contributed by atoms with Gasteiger partial charge in [-0.2, -0.15) is 4.99 Å². The number of hydrogen-bond donors (Lipinski definition) is 3. The summed E-state index contributed by atoms with van der Waals surface area (Å²) >= 11 is 0. The summed E-state index contributed by atoms with van der Waals surface area (Å²) in [6, 6.07) is 29.0. The molecule has 2 atom stereocenters. The Morgan fingerprint density at radius 1 is 0.633 bits per heavy atom. The highest BCUT2D eigenvalue weighted by molar-refractivity contribution is 5.93.